The average molecular weight is 650 g/mol. The lowest BCUT2D eigenvalue weighted by atomic mass is 10.1. The van der Waals surface area contributed by atoms with Gasteiger partial charge in [-0.1, -0.05) is 28.1 Å². The Morgan fingerprint density at radius 1 is 0.860 bits per heavy atom. The van der Waals surface area contributed by atoms with E-state index in [0.29, 0.717) is 36.3 Å². The van der Waals surface area contributed by atoms with Crippen LogP contribution < -0.4 is 29.4 Å². The number of anilines is 3. The van der Waals surface area contributed by atoms with Crippen LogP contribution in [0.3, 0.4) is 0 Å². The maximum absolute atomic E-state index is 6.09. The van der Waals surface area contributed by atoms with E-state index in [1.165, 1.54) is 38.5 Å². The van der Waals surface area contributed by atoms with Gasteiger partial charge in [-0.25, -0.2) is 0 Å². The summed E-state index contributed by atoms with van der Waals surface area (Å²) in [4.78, 5) is 14.4. The molecule has 0 aliphatic carbocycles. The maximum atomic E-state index is 6.09. The molecule has 0 bridgehead atoms. The van der Waals surface area contributed by atoms with Gasteiger partial charge in [0.05, 0.1) is 13.3 Å². The van der Waals surface area contributed by atoms with Crippen molar-refractivity contribution in [3.8, 4) is 17.2 Å². The first-order valence-electron chi connectivity index (χ1n) is 15.1. The smallest absolute Gasteiger partial charge is 0.229 e. The highest BCUT2D eigenvalue weighted by Crippen LogP contribution is 2.29. The van der Waals surface area contributed by atoms with E-state index in [1.807, 2.05) is 48.5 Å². The number of nitrogens with one attached hydrogen (secondary N) is 1. The summed E-state index contributed by atoms with van der Waals surface area (Å²) in [5.74, 6) is 4.50. The summed E-state index contributed by atoms with van der Waals surface area (Å²) in [5.41, 5.74) is 5.11. The molecule has 228 valence electrons. The van der Waals surface area contributed by atoms with E-state index in [2.05, 4.69) is 42.8 Å². The normalized spacial score (nSPS) is 15.4. The third kappa shape index (κ3) is 8.63. The van der Waals surface area contributed by atoms with Crippen LogP contribution in [0.1, 0.15) is 49.7 Å². The third-order valence-electron chi connectivity index (χ3n) is 7.58. The fraction of sp³-hybridized carbons (Fsp3) is 0.424. The van der Waals surface area contributed by atoms with Crippen molar-refractivity contribution in [2.75, 3.05) is 61.7 Å². The molecule has 2 fully saturated rings. The van der Waals surface area contributed by atoms with Crippen molar-refractivity contribution in [1.82, 2.24) is 9.97 Å². The highest BCUT2D eigenvalue weighted by molar-refractivity contribution is 9.10. The minimum Gasteiger partial charge on any atom is -0.493 e. The number of benzene rings is 2. The molecule has 3 aromatic rings. The first-order chi connectivity index (χ1) is 21.1. The van der Waals surface area contributed by atoms with Crippen LogP contribution in [-0.2, 0) is 6.42 Å². The van der Waals surface area contributed by atoms with Crippen LogP contribution in [0.15, 0.2) is 64.7 Å². The van der Waals surface area contributed by atoms with Gasteiger partial charge in [0, 0.05) is 42.3 Å². The second-order valence-electron chi connectivity index (χ2n) is 10.7. The molecule has 0 atom stereocenters. The molecule has 0 amide bonds. The lowest BCUT2D eigenvalue weighted by Gasteiger charge is -2.31. The molecule has 3 heterocycles. The SMILES string of the molecule is C=CCc1ccc(OCCOc2ccc(Br)cc2/C=N/Nc2cc(N3CCCCC3)nc(N3CCCCC3)n2)c(OC)c1. The van der Waals surface area contributed by atoms with Crippen molar-refractivity contribution < 1.29 is 14.2 Å². The van der Waals surface area contributed by atoms with E-state index >= 15 is 0 Å². The van der Waals surface area contributed by atoms with Crippen molar-refractivity contribution in [3.05, 3.63) is 70.7 Å². The fourth-order valence-electron chi connectivity index (χ4n) is 5.35. The monoisotopic (exact) mass is 648 g/mol. The summed E-state index contributed by atoms with van der Waals surface area (Å²) in [5, 5.41) is 4.55. The quantitative estimate of drug-likeness (QED) is 0.0931. The van der Waals surface area contributed by atoms with Crippen LogP contribution in [-0.4, -0.2) is 62.7 Å². The average Bonchev–Trinajstić information content (AvgIpc) is 3.05. The van der Waals surface area contributed by atoms with Crippen molar-refractivity contribution in [1.29, 1.82) is 0 Å². The van der Waals surface area contributed by atoms with Crippen LogP contribution >= 0.6 is 15.9 Å². The van der Waals surface area contributed by atoms with E-state index in [4.69, 9.17) is 24.2 Å². The Morgan fingerprint density at radius 2 is 1.56 bits per heavy atom. The molecular formula is C33H41BrN6O3. The Bertz CT molecular complexity index is 1350. The summed E-state index contributed by atoms with van der Waals surface area (Å²) in [6.45, 7) is 8.54. The van der Waals surface area contributed by atoms with E-state index < -0.39 is 0 Å². The van der Waals surface area contributed by atoms with Gasteiger partial charge >= 0.3 is 0 Å². The Morgan fingerprint density at radius 3 is 2.28 bits per heavy atom. The van der Waals surface area contributed by atoms with E-state index in [9.17, 15) is 0 Å². The van der Waals surface area contributed by atoms with Gasteiger partial charge in [-0.15, -0.1) is 6.58 Å². The number of ether oxygens (including phenoxy) is 3. The van der Waals surface area contributed by atoms with Gasteiger partial charge in [-0.05, 0) is 80.8 Å². The van der Waals surface area contributed by atoms with Crippen LogP contribution in [0.2, 0.25) is 0 Å². The third-order valence-corrected chi connectivity index (χ3v) is 8.07. The van der Waals surface area contributed by atoms with Gasteiger partial charge in [0.15, 0.2) is 17.3 Å². The summed E-state index contributed by atoms with van der Waals surface area (Å²) >= 11 is 3.57. The number of halogens is 1. The van der Waals surface area contributed by atoms with Gasteiger partial charge in [-0.2, -0.15) is 15.1 Å². The highest BCUT2D eigenvalue weighted by atomic mass is 79.9. The summed E-state index contributed by atoms with van der Waals surface area (Å²) in [7, 11) is 1.64. The van der Waals surface area contributed by atoms with Gasteiger partial charge in [0.1, 0.15) is 24.8 Å². The summed E-state index contributed by atoms with van der Waals surface area (Å²) < 4.78 is 18.5. The molecule has 0 spiro atoms. The zero-order valence-corrected chi connectivity index (χ0v) is 26.5. The molecule has 0 saturated carbocycles. The molecule has 5 rings (SSSR count). The van der Waals surface area contributed by atoms with Crippen molar-refractivity contribution in [3.63, 3.8) is 0 Å². The first-order valence-corrected chi connectivity index (χ1v) is 15.9. The van der Waals surface area contributed by atoms with Crippen LogP contribution in [0.25, 0.3) is 0 Å². The van der Waals surface area contributed by atoms with Crippen LogP contribution in [0, 0.1) is 0 Å². The predicted molar refractivity (Wildman–Crippen MR) is 177 cm³/mol. The molecule has 2 aromatic carbocycles. The Kier molecular flexibility index (Phi) is 11.1. The minimum atomic E-state index is 0.359. The van der Waals surface area contributed by atoms with E-state index in [-0.39, 0.29) is 0 Å². The molecule has 0 unspecified atom stereocenters. The maximum Gasteiger partial charge on any atom is 0.229 e. The largest absolute Gasteiger partial charge is 0.493 e. The van der Waals surface area contributed by atoms with E-state index in [0.717, 1.165) is 60.0 Å². The highest BCUT2D eigenvalue weighted by Gasteiger charge is 2.19. The van der Waals surface area contributed by atoms with Gasteiger partial charge in [0.2, 0.25) is 5.95 Å². The Labute approximate surface area is 263 Å². The molecule has 43 heavy (non-hydrogen) atoms. The molecule has 2 saturated heterocycles. The molecular weight excluding hydrogens is 608 g/mol. The standard InChI is InChI=1S/C33H41BrN6O3/c1-3-10-25-11-13-29(30(21-25)41-2)43-20-19-42-28-14-12-27(34)22-26(28)24-35-38-31-23-32(39-15-6-4-7-16-39)37-33(36-31)40-17-8-5-9-18-40/h3,11-14,21-24H,1,4-10,15-20H2,2H3,(H,36,37,38)/b35-24+. The molecule has 2 aliphatic heterocycles. The number of allylic oxidation sites excluding steroid dienone is 1. The van der Waals surface area contributed by atoms with Crippen molar-refractivity contribution in [2.45, 2.75) is 44.9 Å². The summed E-state index contributed by atoms with van der Waals surface area (Å²) in [6, 6.07) is 13.7. The Balaban J connectivity index is 1.24. The zero-order chi connectivity index (χ0) is 29.9. The second-order valence-corrected chi connectivity index (χ2v) is 11.6. The minimum absolute atomic E-state index is 0.359. The van der Waals surface area contributed by atoms with Crippen LogP contribution in [0.4, 0.5) is 17.6 Å². The van der Waals surface area contributed by atoms with Gasteiger partial charge < -0.3 is 24.0 Å². The van der Waals surface area contributed by atoms with Gasteiger partial charge in [-0.3, -0.25) is 5.43 Å². The molecule has 1 N–H and O–H groups in total. The van der Waals surface area contributed by atoms with Gasteiger partial charge in [0.25, 0.3) is 0 Å². The fourth-order valence-corrected chi connectivity index (χ4v) is 5.73. The molecule has 1 aromatic heterocycles. The first kappa shape index (κ1) is 30.7. The molecule has 10 heteroatoms. The number of hydrazone groups is 1. The van der Waals surface area contributed by atoms with Crippen LogP contribution in [0.5, 0.6) is 17.2 Å². The second kappa shape index (κ2) is 15.6. The molecule has 0 radical (unpaired) electrons. The number of aromatic nitrogens is 2. The number of hydrogen-bond donors (Lipinski definition) is 1. The summed E-state index contributed by atoms with van der Waals surface area (Å²) in [6.07, 6.45) is 11.7. The number of nitrogens with zero attached hydrogens (tertiary/aromatic N) is 5. The number of hydrogen-bond acceptors (Lipinski definition) is 9. The Hall–Kier alpha value is -3.79. The predicted octanol–water partition coefficient (Wildman–Crippen LogP) is 6.86. The number of methoxy groups -OCH3 is 1. The number of rotatable bonds is 13. The van der Waals surface area contributed by atoms with Crippen molar-refractivity contribution in [2.24, 2.45) is 5.10 Å². The lowest BCUT2D eigenvalue weighted by Crippen LogP contribution is -2.33. The topological polar surface area (TPSA) is 84.3 Å². The van der Waals surface area contributed by atoms with Crippen molar-refractivity contribution >= 4 is 39.7 Å². The van der Waals surface area contributed by atoms with E-state index in [1.54, 1.807) is 13.3 Å². The molecule has 2 aliphatic rings. The zero-order valence-electron chi connectivity index (χ0n) is 24.9. The number of piperidine rings is 2. The lowest BCUT2D eigenvalue weighted by molar-refractivity contribution is 0.211. The molecule has 9 nitrogen and oxygen atoms in total.